The van der Waals surface area contributed by atoms with Gasteiger partial charge in [0, 0.05) is 18.6 Å². The minimum Gasteiger partial charge on any atom is -0.357 e. The zero-order valence-corrected chi connectivity index (χ0v) is 22.6. The highest BCUT2D eigenvalue weighted by molar-refractivity contribution is 7.92. The third-order valence-electron chi connectivity index (χ3n) is 5.47. The first-order valence-corrected chi connectivity index (χ1v) is 13.4. The van der Waals surface area contributed by atoms with Gasteiger partial charge in [0.05, 0.1) is 20.6 Å². The summed E-state index contributed by atoms with van der Waals surface area (Å²) in [5.74, 6) is -1.04. The average Bonchev–Trinajstić information content (AvgIpc) is 2.87. The molecule has 3 rings (SSSR count). The number of sulfonamides is 1. The molecule has 0 aromatic heterocycles. The van der Waals surface area contributed by atoms with Crippen LogP contribution in [0, 0.1) is 0 Å². The number of carbonyl (C=O) groups excluding carboxylic acids is 2. The molecule has 1 unspecified atom stereocenters. The van der Waals surface area contributed by atoms with E-state index in [4.69, 9.17) is 34.8 Å². The van der Waals surface area contributed by atoms with Crippen molar-refractivity contribution in [1.29, 1.82) is 0 Å². The monoisotopic (exact) mass is 567 g/mol. The molecule has 3 aromatic rings. The zero-order valence-electron chi connectivity index (χ0n) is 19.5. The number of hydrogen-bond donors (Lipinski definition) is 1. The molecule has 0 aliphatic heterocycles. The first kappa shape index (κ1) is 27.8. The van der Waals surface area contributed by atoms with Gasteiger partial charge >= 0.3 is 0 Å². The van der Waals surface area contributed by atoms with Crippen molar-refractivity contribution < 1.29 is 18.0 Å². The Morgan fingerprint density at radius 1 is 0.944 bits per heavy atom. The third kappa shape index (κ3) is 6.31. The van der Waals surface area contributed by atoms with Gasteiger partial charge in [-0.05, 0) is 48.9 Å². The Balaban J connectivity index is 2.07. The van der Waals surface area contributed by atoms with Crippen molar-refractivity contribution in [2.45, 2.75) is 24.4 Å². The maximum absolute atomic E-state index is 13.7. The van der Waals surface area contributed by atoms with Crippen molar-refractivity contribution in [2.75, 3.05) is 17.9 Å². The molecular formula is C25H24Cl3N3O4S. The Kier molecular flexibility index (Phi) is 9.24. The van der Waals surface area contributed by atoms with Gasteiger partial charge in [-0.1, -0.05) is 71.2 Å². The highest BCUT2D eigenvalue weighted by Gasteiger charge is 2.33. The molecule has 36 heavy (non-hydrogen) atoms. The van der Waals surface area contributed by atoms with E-state index in [-0.39, 0.29) is 27.2 Å². The van der Waals surface area contributed by atoms with Crippen LogP contribution in [0.4, 0.5) is 5.69 Å². The van der Waals surface area contributed by atoms with E-state index in [0.29, 0.717) is 10.6 Å². The topological polar surface area (TPSA) is 86.8 Å². The van der Waals surface area contributed by atoms with Crippen LogP contribution in [0.1, 0.15) is 12.5 Å². The van der Waals surface area contributed by atoms with Crippen LogP contribution >= 0.6 is 34.8 Å². The Bertz CT molecular complexity index is 1350. The van der Waals surface area contributed by atoms with E-state index in [1.165, 1.54) is 36.2 Å². The lowest BCUT2D eigenvalue weighted by Gasteiger charge is -2.32. The van der Waals surface area contributed by atoms with Gasteiger partial charge in [0.1, 0.15) is 12.6 Å². The summed E-state index contributed by atoms with van der Waals surface area (Å²) in [5, 5.41) is 3.10. The quantitative estimate of drug-likeness (QED) is 0.393. The number of anilines is 1. The number of nitrogens with one attached hydrogen (secondary N) is 1. The Labute approximate surface area is 225 Å². The first-order valence-electron chi connectivity index (χ1n) is 10.8. The minimum atomic E-state index is -4.23. The van der Waals surface area contributed by atoms with Crippen LogP contribution in [0.15, 0.2) is 77.7 Å². The molecule has 0 aliphatic rings. The fraction of sp³-hybridized carbons (Fsp3) is 0.200. The van der Waals surface area contributed by atoms with Crippen molar-refractivity contribution in [3.05, 3.63) is 93.4 Å². The molecule has 0 saturated heterocycles. The summed E-state index contributed by atoms with van der Waals surface area (Å²) in [5.41, 5.74) is 0.710. The molecule has 7 nitrogen and oxygen atoms in total. The number of nitrogens with zero attached hydrogens (tertiary/aromatic N) is 2. The lowest BCUT2D eigenvalue weighted by molar-refractivity contribution is -0.139. The molecule has 0 radical (unpaired) electrons. The number of likely N-dealkylation sites (N-methyl/N-ethyl adjacent to an activating group) is 1. The standard InChI is InChI=1S/C25H24Cl3N3O4S/c1-17(25(33)29-2)30(15-18-8-6-9-19(26)14-18)23(32)16-31(22-13-7-12-21(27)24(22)28)36(34,35)20-10-4-3-5-11-20/h3-14,17H,15-16H2,1-2H3,(H,29,33). The van der Waals surface area contributed by atoms with E-state index in [0.717, 1.165) is 4.31 Å². The molecule has 11 heteroatoms. The number of halogens is 3. The van der Waals surface area contributed by atoms with Gasteiger partial charge in [0.2, 0.25) is 11.8 Å². The molecular weight excluding hydrogens is 545 g/mol. The number of carbonyl (C=O) groups is 2. The fourth-order valence-electron chi connectivity index (χ4n) is 3.54. The van der Waals surface area contributed by atoms with Crippen LogP contribution in [0.5, 0.6) is 0 Å². The van der Waals surface area contributed by atoms with Gasteiger partial charge in [-0.3, -0.25) is 13.9 Å². The lowest BCUT2D eigenvalue weighted by atomic mass is 10.1. The highest BCUT2D eigenvalue weighted by Crippen LogP contribution is 2.35. The van der Waals surface area contributed by atoms with E-state index < -0.39 is 34.4 Å². The number of hydrogen-bond acceptors (Lipinski definition) is 4. The van der Waals surface area contributed by atoms with Crippen LogP contribution in [0.3, 0.4) is 0 Å². The van der Waals surface area contributed by atoms with Crippen LogP contribution in [-0.4, -0.2) is 44.8 Å². The number of amides is 2. The van der Waals surface area contributed by atoms with E-state index in [1.54, 1.807) is 55.5 Å². The van der Waals surface area contributed by atoms with Gasteiger partial charge in [0.25, 0.3) is 10.0 Å². The smallest absolute Gasteiger partial charge is 0.264 e. The van der Waals surface area contributed by atoms with E-state index >= 15 is 0 Å². The van der Waals surface area contributed by atoms with Crippen molar-refractivity contribution in [3.8, 4) is 0 Å². The van der Waals surface area contributed by atoms with Crippen LogP contribution in [0.25, 0.3) is 0 Å². The maximum atomic E-state index is 13.7. The molecule has 2 amide bonds. The summed E-state index contributed by atoms with van der Waals surface area (Å²) < 4.78 is 28.3. The van der Waals surface area contributed by atoms with Gasteiger partial charge in [-0.2, -0.15) is 0 Å². The van der Waals surface area contributed by atoms with Crippen molar-refractivity contribution in [1.82, 2.24) is 10.2 Å². The molecule has 0 fully saturated rings. The van der Waals surface area contributed by atoms with Crippen LogP contribution < -0.4 is 9.62 Å². The largest absolute Gasteiger partial charge is 0.357 e. The Morgan fingerprint density at radius 2 is 1.61 bits per heavy atom. The molecule has 1 N–H and O–H groups in total. The molecule has 0 spiro atoms. The van der Waals surface area contributed by atoms with Gasteiger partial charge in [-0.25, -0.2) is 8.42 Å². The second-order valence-corrected chi connectivity index (χ2v) is 10.9. The molecule has 190 valence electrons. The van der Waals surface area contributed by atoms with Crippen LogP contribution in [0.2, 0.25) is 15.1 Å². The van der Waals surface area contributed by atoms with Crippen molar-refractivity contribution >= 4 is 62.3 Å². The summed E-state index contributed by atoms with van der Waals surface area (Å²) in [4.78, 5) is 27.4. The van der Waals surface area contributed by atoms with Crippen LogP contribution in [-0.2, 0) is 26.2 Å². The Morgan fingerprint density at radius 3 is 2.25 bits per heavy atom. The molecule has 0 heterocycles. The predicted octanol–water partition coefficient (Wildman–Crippen LogP) is 5.01. The van der Waals surface area contributed by atoms with Gasteiger partial charge in [-0.15, -0.1) is 0 Å². The van der Waals surface area contributed by atoms with Gasteiger partial charge < -0.3 is 10.2 Å². The lowest BCUT2D eigenvalue weighted by Crippen LogP contribution is -2.50. The number of benzene rings is 3. The summed E-state index contributed by atoms with van der Waals surface area (Å²) in [7, 11) is -2.77. The fourth-order valence-corrected chi connectivity index (χ4v) is 5.65. The van der Waals surface area contributed by atoms with E-state index in [1.807, 2.05) is 0 Å². The van der Waals surface area contributed by atoms with Crippen molar-refractivity contribution in [2.24, 2.45) is 0 Å². The average molecular weight is 569 g/mol. The predicted molar refractivity (Wildman–Crippen MR) is 143 cm³/mol. The van der Waals surface area contributed by atoms with Crippen molar-refractivity contribution in [3.63, 3.8) is 0 Å². The highest BCUT2D eigenvalue weighted by atomic mass is 35.5. The minimum absolute atomic E-state index is 0.0211. The SMILES string of the molecule is CNC(=O)C(C)N(Cc1cccc(Cl)c1)C(=O)CN(c1cccc(Cl)c1Cl)S(=O)(=O)c1ccccc1. The first-order chi connectivity index (χ1) is 17.1. The molecule has 0 aliphatic carbocycles. The zero-order chi connectivity index (χ0) is 26.5. The molecule has 3 aromatic carbocycles. The summed E-state index contributed by atoms with van der Waals surface area (Å²) in [6.07, 6.45) is 0. The maximum Gasteiger partial charge on any atom is 0.264 e. The second-order valence-electron chi connectivity index (χ2n) is 7.84. The summed E-state index contributed by atoms with van der Waals surface area (Å²) >= 11 is 18.7. The number of rotatable bonds is 9. The Hall–Kier alpha value is -2.78. The third-order valence-corrected chi connectivity index (χ3v) is 8.28. The second kappa shape index (κ2) is 12.0. The normalized spacial score (nSPS) is 12.0. The molecule has 0 saturated carbocycles. The molecule has 1 atom stereocenters. The van der Waals surface area contributed by atoms with Gasteiger partial charge in [0.15, 0.2) is 0 Å². The molecule has 0 bridgehead atoms. The summed E-state index contributed by atoms with van der Waals surface area (Å²) in [6.45, 7) is 0.958. The van der Waals surface area contributed by atoms with E-state index in [9.17, 15) is 18.0 Å². The summed E-state index contributed by atoms with van der Waals surface area (Å²) in [6, 6.07) is 18.1. The van der Waals surface area contributed by atoms with E-state index in [2.05, 4.69) is 5.32 Å².